The van der Waals surface area contributed by atoms with Crippen LogP contribution >= 0.6 is 0 Å². The summed E-state index contributed by atoms with van der Waals surface area (Å²) >= 11 is 0. The van der Waals surface area contributed by atoms with E-state index in [0.29, 0.717) is 24.6 Å². The topological polar surface area (TPSA) is 81.4 Å². The molecule has 1 N–H and O–H groups in total. The van der Waals surface area contributed by atoms with Crippen molar-refractivity contribution in [3.8, 4) is 22.5 Å². The fourth-order valence-electron chi connectivity index (χ4n) is 3.21. The second-order valence-electron chi connectivity index (χ2n) is 6.51. The average molecular weight is 372 g/mol. The van der Waals surface area contributed by atoms with Gasteiger partial charge in [-0.25, -0.2) is 9.97 Å². The van der Waals surface area contributed by atoms with Crippen LogP contribution in [-0.2, 0) is 13.1 Å². The van der Waals surface area contributed by atoms with Gasteiger partial charge in [0.1, 0.15) is 5.82 Å². The Morgan fingerprint density at radius 1 is 1.21 bits per heavy atom. The van der Waals surface area contributed by atoms with Gasteiger partial charge in [-0.1, -0.05) is 36.4 Å². The van der Waals surface area contributed by atoms with E-state index in [1.165, 1.54) is 6.07 Å². The molecule has 1 aromatic carbocycles. The number of benzene rings is 1. The SMILES string of the molecule is C=CCn1cc(-c2c(-c3ccccc3)ncn2Cc2nc(C)cc(=O)[nH]2)cn1. The number of hydrogen-bond acceptors (Lipinski definition) is 4. The largest absolute Gasteiger partial charge is 0.322 e. The Bertz CT molecular complexity index is 1170. The summed E-state index contributed by atoms with van der Waals surface area (Å²) in [6, 6.07) is 11.5. The lowest BCUT2D eigenvalue weighted by molar-refractivity contribution is 0.702. The molecule has 4 rings (SSSR count). The van der Waals surface area contributed by atoms with Crippen LogP contribution < -0.4 is 5.56 Å². The first kappa shape index (κ1) is 17.7. The number of aromatic nitrogens is 6. The van der Waals surface area contributed by atoms with E-state index < -0.39 is 0 Å². The van der Waals surface area contributed by atoms with Crippen molar-refractivity contribution in [1.82, 2.24) is 29.3 Å². The summed E-state index contributed by atoms with van der Waals surface area (Å²) in [5, 5.41) is 4.40. The number of H-pyrrole nitrogens is 1. The maximum absolute atomic E-state index is 11.8. The second kappa shape index (κ2) is 7.48. The molecule has 0 radical (unpaired) electrons. The number of nitrogens with zero attached hydrogens (tertiary/aromatic N) is 5. The van der Waals surface area contributed by atoms with E-state index in [9.17, 15) is 4.79 Å². The van der Waals surface area contributed by atoms with Crippen LogP contribution in [0.4, 0.5) is 0 Å². The molecule has 0 unspecified atom stereocenters. The van der Waals surface area contributed by atoms with Gasteiger partial charge in [0.2, 0.25) is 0 Å². The maximum atomic E-state index is 11.8. The minimum absolute atomic E-state index is 0.161. The zero-order chi connectivity index (χ0) is 19.5. The second-order valence-corrected chi connectivity index (χ2v) is 6.51. The third-order valence-corrected chi connectivity index (χ3v) is 4.35. The number of aryl methyl sites for hydroxylation is 1. The van der Waals surface area contributed by atoms with E-state index in [1.54, 1.807) is 12.4 Å². The molecule has 0 saturated heterocycles. The predicted octanol–water partition coefficient (Wildman–Crippen LogP) is 3.04. The Hall–Kier alpha value is -3.74. The van der Waals surface area contributed by atoms with Crippen LogP contribution in [0.3, 0.4) is 0 Å². The molecule has 3 aromatic heterocycles. The molecular formula is C21H20N6O. The van der Waals surface area contributed by atoms with Crippen LogP contribution in [-0.4, -0.2) is 29.3 Å². The maximum Gasteiger partial charge on any atom is 0.251 e. The van der Waals surface area contributed by atoms with Gasteiger partial charge in [-0.15, -0.1) is 6.58 Å². The first-order chi connectivity index (χ1) is 13.6. The Morgan fingerprint density at radius 3 is 2.79 bits per heavy atom. The van der Waals surface area contributed by atoms with Crippen molar-refractivity contribution in [3.63, 3.8) is 0 Å². The molecule has 7 nitrogen and oxygen atoms in total. The molecule has 0 aliphatic carbocycles. The lowest BCUT2D eigenvalue weighted by atomic mass is 10.1. The van der Waals surface area contributed by atoms with E-state index in [-0.39, 0.29) is 5.56 Å². The van der Waals surface area contributed by atoms with Crippen molar-refractivity contribution >= 4 is 0 Å². The van der Waals surface area contributed by atoms with E-state index in [1.807, 2.05) is 58.9 Å². The summed E-state index contributed by atoms with van der Waals surface area (Å²) < 4.78 is 3.80. The molecule has 0 fully saturated rings. The number of nitrogens with one attached hydrogen (secondary N) is 1. The minimum atomic E-state index is -0.161. The highest BCUT2D eigenvalue weighted by molar-refractivity contribution is 5.78. The van der Waals surface area contributed by atoms with Crippen molar-refractivity contribution in [2.75, 3.05) is 0 Å². The third kappa shape index (κ3) is 3.55. The van der Waals surface area contributed by atoms with Crippen molar-refractivity contribution in [2.45, 2.75) is 20.0 Å². The number of aromatic amines is 1. The molecule has 4 aromatic rings. The van der Waals surface area contributed by atoms with Crippen LogP contribution in [0.5, 0.6) is 0 Å². The number of allylic oxidation sites excluding steroid dienone is 1. The van der Waals surface area contributed by atoms with E-state index in [4.69, 9.17) is 0 Å². The van der Waals surface area contributed by atoms with Crippen LogP contribution in [0, 0.1) is 6.92 Å². The van der Waals surface area contributed by atoms with Crippen molar-refractivity contribution < 1.29 is 0 Å². The monoisotopic (exact) mass is 372 g/mol. The van der Waals surface area contributed by atoms with E-state index in [2.05, 4.69) is 26.6 Å². The molecule has 7 heteroatoms. The summed E-state index contributed by atoms with van der Waals surface area (Å²) in [5.74, 6) is 0.585. The van der Waals surface area contributed by atoms with Gasteiger partial charge in [0.25, 0.3) is 5.56 Å². The number of imidazole rings is 1. The molecule has 3 heterocycles. The fraction of sp³-hybridized carbons (Fsp3) is 0.143. The lowest BCUT2D eigenvalue weighted by Gasteiger charge is -2.09. The number of hydrogen-bond donors (Lipinski definition) is 1. The summed E-state index contributed by atoms with van der Waals surface area (Å²) in [4.78, 5) is 23.7. The summed E-state index contributed by atoms with van der Waals surface area (Å²) in [7, 11) is 0. The van der Waals surface area contributed by atoms with Crippen LogP contribution in [0.15, 0.2) is 72.6 Å². The Morgan fingerprint density at radius 2 is 2.04 bits per heavy atom. The quantitative estimate of drug-likeness (QED) is 0.528. The highest BCUT2D eigenvalue weighted by Crippen LogP contribution is 2.31. The van der Waals surface area contributed by atoms with Gasteiger partial charge < -0.3 is 9.55 Å². The van der Waals surface area contributed by atoms with Crippen LogP contribution in [0.2, 0.25) is 0 Å². The molecule has 0 bridgehead atoms. The zero-order valence-corrected chi connectivity index (χ0v) is 15.5. The molecule has 0 amide bonds. The van der Waals surface area contributed by atoms with Gasteiger partial charge in [0.15, 0.2) is 0 Å². The van der Waals surface area contributed by atoms with Gasteiger partial charge in [0.05, 0.1) is 37.0 Å². The Kier molecular flexibility index (Phi) is 4.72. The zero-order valence-electron chi connectivity index (χ0n) is 15.5. The summed E-state index contributed by atoms with van der Waals surface area (Å²) in [5.41, 5.74) is 4.25. The van der Waals surface area contributed by atoms with Crippen molar-refractivity contribution in [2.24, 2.45) is 0 Å². The summed E-state index contributed by atoms with van der Waals surface area (Å²) in [6.45, 7) is 6.60. The molecule has 28 heavy (non-hydrogen) atoms. The fourth-order valence-corrected chi connectivity index (χ4v) is 3.21. The molecule has 0 aliphatic rings. The Balaban J connectivity index is 1.82. The first-order valence-electron chi connectivity index (χ1n) is 8.95. The average Bonchev–Trinajstić information content (AvgIpc) is 3.29. The van der Waals surface area contributed by atoms with Crippen LogP contribution in [0.25, 0.3) is 22.5 Å². The summed E-state index contributed by atoms with van der Waals surface area (Å²) in [6.07, 6.45) is 7.35. The minimum Gasteiger partial charge on any atom is -0.322 e. The highest BCUT2D eigenvalue weighted by atomic mass is 16.1. The van der Waals surface area contributed by atoms with Crippen LogP contribution in [0.1, 0.15) is 11.5 Å². The van der Waals surface area contributed by atoms with E-state index in [0.717, 1.165) is 22.5 Å². The molecular weight excluding hydrogens is 352 g/mol. The normalized spacial score (nSPS) is 10.9. The molecule has 140 valence electrons. The van der Waals surface area contributed by atoms with Gasteiger partial charge in [-0.05, 0) is 6.92 Å². The smallest absolute Gasteiger partial charge is 0.251 e. The standard InChI is InChI=1S/C21H20N6O/c1-3-9-27-12-17(11-23-27)21-20(16-7-5-4-6-8-16)22-14-26(21)13-18-24-15(2)10-19(28)25-18/h3-8,10-12,14H,1,9,13H2,2H3,(H,24,25,28). The molecule has 0 spiro atoms. The first-order valence-corrected chi connectivity index (χ1v) is 8.95. The molecule has 0 atom stereocenters. The third-order valence-electron chi connectivity index (χ3n) is 4.35. The lowest BCUT2D eigenvalue weighted by Crippen LogP contribution is -2.14. The molecule has 0 aliphatic heterocycles. The van der Waals surface area contributed by atoms with Gasteiger partial charge >= 0.3 is 0 Å². The Labute approximate surface area is 162 Å². The van der Waals surface area contributed by atoms with Crippen molar-refractivity contribution in [1.29, 1.82) is 0 Å². The number of rotatable bonds is 6. The van der Waals surface area contributed by atoms with Crippen molar-refractivity contribution in [3.05, 3.63) is 89.6 Å². The highest BCUT2D eigenvalue weighted by Gasteiger charge is 2.17. The van der Waals surface area contributed by atoms with Gasteiger partial charge in [-0.3, -0.25) is 9.48 Å². The van der Waals surface area contributed by atoms with E-state index >= 15 is 0 Å². The molecule has 0 saturated carbocycles. The van der Waals surface area contributed by atoms with Gasteiger partial charge in [-0.2, -0.15) is 5.10 Å². The van der Waals surface area contributed by atoms with Gasteiger partial charge in [0, 0.05) is 29.1 Å². The predicted molar refractivity (Wildman–Crippen MR) is 108 cm³/mol.